The third-order valence-corrected chi connectivity index (χ3v) is 4.42. The Morgan fingerprint density at radius 2 is 1.29 bits per heavy atom. The van der Waals surface area contributed by atoms with Gasteiger partial charge < -0.3 is 29.4 Å². The number of nitrogens with one attached hydrogen (secondary N) is 1. The Balaban J connectivity index is 2.19. The van der Waals surface area contributed by atoms with Crippen molar-refractivity contribution in [2.45, 2.75) is 0 Å². The minimum Gasteiger partial charge on any atom is -0.493 e. The molecule has 1 heterocycles. The largest absolute Gasteiger partial charge is 0.493 e. The van der Waals surface area contributed by atoms with Crippen molar-refractivity contribution in [3.63, 3.8) is 0 Å². The van der Waals surface area contributed by atoms with Crippen molar-refractivity contribution in [3.05, 3.63) is 30.3 Å². The maximum absolute atomic E-state index is 6.17. The van der Waals surface area contributed by atoms with Crippen LogP contribution in [0.25, 0.3) is 22.4 Å². The monoisotopic (exact) mass is 385 g/mol. The fourth-order valence-corrected chi connectivity index (χ4v) is 3.07. The second-order valence-electron chi connectivity index (χ2n) is 5.84. The molecule has 8 nitrogen and oxygen atoms in total. The molecule has 2 aromatic carbocycles. The molecule has 0 aliphatic carbocycles. The van der Waals surface area contributed by atoms with Gasteiger partial charge in [-0.05, 0) is 29.8 Å². The van der Waals surface area contributed by atoms with Crippen molar-refractivity contribution in [1.82, 2.24) is 10.2 Å². The summed E-state index contributed by atoms with van der Waals surface area (Å²) in [7, 11) is 7.87. The van der Waals surface area contributed by atoms with Crippen molar-refractivity contribution >= 4 is 5.82 Å². The lowest BCUT2D eigenvalue weighted by molar-refractivity contribution is 0.324. The molecule has 0 aliphatic heterocycles. The van der Waals surface area contributed by atoms with Gasteiger partial charge in [0.15, 0.2) is 28.8 Å². The standard InChI is InChI=1S/C20H23N3O5/c1-24-13-7-6-11(8-14(13)25-2)17-18(22-23-20(17)21)12-9-15(26-3)19(28-5)16(10-12)27-4/h6-10H,1-5H3,(H3,21,22,23). The molecule has 0 fully saturated rings. The molecule has 0 saturated heterocycles. The van der Waals surface area contributed by atoms with Crippen LogP contribution in [0.3, 0.4) is 0 Å². The van der Waals surface area contributed by atoms with E-state index in [1.165, 1.54) is 0 Å². The fraction of sp³-hybridized carbons (Fsp3) is 0.250. The maximum Gasteiger partial charge on any atom is 0.203 e. The molecule has 0 saturated carbocycles. The van der Waals surface area contributed by atoms with E-state index in [1.807, 2.05) is 30.3 Å². The highest BCUT2D eigenvalue weighted by Gasteiger charge is 2.20. The van der Waals surface area contributed by atoms with Gasteiger partial charge in [0, 0.05) is 5.56 Å². The van der Waals surface area contributed by atoms with Gasteiger partial charge in [0.05, 0.1) is 46.8 Å². The van der Waals surface area contributed by atoms with E-state index in [0.29, 0.717) is 40.3 Å². The number of nitrogen functional groups attached to an aromatic ring is 1. The van der Waals surface area contributed by atoms with Gasteiger partial charge in [-0.25, -0.2) is 0 Å². The highest BCUT2D eigenvalue weighted by atomic mass is 16.5. The van der Waals surface area contributed by atoms with Gasteiger partial charge >= 0.3 is 0 Å². The van der Waals surface area contributed by atoms with Crippen molar-refractivity contribution in [3.8, 4) is 51.1 Å². The van der Waals surface area contributed by atoms with Crippen LogP contribution < -0.4 is 29.4 Å². The molecular weight excluding hydrogens is 362 g/mol. The van der Waals surface area contributed by atoms with Gasteiger partial charge in [-0.3, -0.25) is 5.10 Å². The van der Waals surface area contributed by atoms with Crippen LogP contribution in [0.5, 0.6) is 28.7 Å². The number of anilines is 1. The smallest absolute Gasteiger partial charge is 0.203 e. The van der Waals surface area contributed by atoms with Gasteiger partial charge in [-0.2, -0.15) is 5.10 Å². The number of aromatic amines is 1. The summed E-state index contributed by atoms with van der Waals surface area (Å²) in [5, 5.41) is 7.18. The predicted octanol–water partition coefficient (Wildman–Crippen LogP) is 3.37. The van der Waals surface area contributed by atoms with Gasteiger partial charge in [0.2, 0.25) is 5.75 Å². The Morgan fingerprint density at radius 1 is 0.714 bits per heavy atom. The number of hydrogen-bond donors (Lipinski definition) is 2. The normalized spacial score (nSPS) is 10.5. The van der Waals surface area contributed by atoms with Crippen molar-refractivity contribution in [2.75, 3.05) is 41.3 Å². The third-order valence-electron chi connectivity index (χ3n) is 4.42. The molecule has 3 N–H and O–H groups in total. The first-order valence-corrected chi connectivity index (χ1v) is 8.44. The Bertz CT molecular complexity index is 959. The van der Waals surface area contributed by atoms with E-state index in [0.717, 1.165) is 16.7 Å². The summed E-state index contributed by atoms with van der Waals surface area (Å²) < 4.78 is 27.0. The number of H-pyrrole nitrogens is 1. The summed E-state index contributed by atoms with van der Waals surface area (Å²) in [5.41, 5.74) is 9.22. The van der Waals surface area contributed by atoms with Crippen LogP contribution in [0.2, 0.25) is 0 Å². The van der Waals surface area contributed by atoms with Gasteiger partial charge in [0.25, 0.3) is 0 Å². The SMILES string of the molecule is COc1ccc(-c2c(N)n[nH]c2-c2cc(OC)c(OC)c(OC)c2)cc1OC. The number of nitrogens with two attached hydrogens (primary N) is 1. The second kappa shape index (κ2) is 7.99. The number of nitrogens with zero attached hydrogens (tertiary/aromatic N) is 1. The van der Waals surface area contributed by atoms with Crippen LogP contribution in [-0.4, -0.2) is 45.7 Å². The highest BCUT2D eigenvalue weighted by Crippen LogP contribution is 2.44. The van der Waals surface area contributed by atoms with E-state index in [1.54, 1.807) is 35.5 Å². The summed E-state index contributed by atoms with van der Waals surface area (Å²) >= 11 is 0. The zero-order valence-corrected chi connectivity index (χ0v) is 16.5. The topological polar surface area (TPSA) is 101 Å². The van der Waals surface area contributed by atoms with Crippen LogP contribution in [0.1, 0.15) is 0 Å². The Labute approximate surface area is 163 Å². The number of benzene rings is 2. The average molecular weight is 385 g/mol. The first kappa shape index (κ1) is 19.2. The van der Waals surface area contributed by atoms with Crippen LogP contribution in [0.15, 0.2) is 30.3 Å². The van der Waals surface area contributed by atoms with Crippen LogP contribution >= 0.6 is 0 Å². The zero-order valence-electron chi connectivity index (χ0n) is 16.5. The molecule has 3 aromatic rings. The van der Waals surface area contributed by atoms with E-state index in [-0.39, 0.29) is 0 Å². The van der Waals surface area contributed by atoms with Gasteiger partial charge in [0.1, 0.15) is 0 Å². The molecule has 0 radical (unpaired) electrons. The van der Waals surface area contributed by atoms with Crippen molar-refractivity contribution < 1.29 is 23.7 Å². The summed E-state index contributed by atoms with van der Waals surface area (Å²) in [5.74, 6) is 3.15. The van der Waals surface area contributed by atoms with E-state index in [9.17, 15) is 0 Å². The summed E-state index contributed by atoms with van der Waals surface area (Å²) in [6.07, 6.45) is 0. The lowest BCUT2D eigenvalue weighted by Crippen LogP contribution is -1.96. The van der Waals surface area contributed by atoms with Crippen LogP contribution in [0.4, 0.5) is 5.82 Å². The molecule has 0 unspecified atom stereocenters. The fourth-order valence-electron chi connectivity index (χ4n) is 3.07. The summed E-state index contributed by atoms with van der Waals surface area (Å²) in [6.45, 7) is 0. The molecule has 28 heavy (non-hydrogen) atoms. The summed E-state index contributed by atoms with van der Waals surface area (Å²) in [6, 6.07) is 9.22. The van der Waals surface area contributed by atoms with Crippen molar-refractivity contribution in [2.24, 2.45) is 0 Å². The maximum atomic E-state index is 6.17. The minimum atomic E-state index is 0.357. The van der Waals surface area contributed by atoms with Crippen LogP contribution in [0, 0.1) is 0 Å². The molecule has 0 amide bonds. The third kappa shape index (κ3) is 3.24. The Morgan fingerprint density at radius 3 is 1.82 bits per heavy atom. The molecule has 148 valence electrons. The number of hydrogen-bond acceptors (Lipinski definition) is 7. The van der Waals surface area contributed by atoms with E-state index in [4.69, 9.17) is 29.4 Å². The molecular formula is C20H23N3O5. The van der Waals surface area contributed by atoms with Crippen molar-refractivity contribution in [1.29, 1.82) is 0 Å². The lowest BCUT2D eigenvalue weighted by Gasteiger charge is -2.15. The number of rotatable bonds is 7. The quantitative estimate of drug-likeness (QED) is 0.643. The average Bonchev–Trinajstić information content (AvgIpc) is 3.13. The number of methoxy groups -OCH3 is 5. The zero-order chi connectivity index (χ0) is 20.3. The van der Waals surface area contributed by atoms with Crippen LogP contribution in [-0.2, 0) is 0 Å². The molecule has 0 bridgehead atoms. The van der Waals surface area contributed by atoms with E-state index in [2.05, 4.69) is 10.2 Å². The molecule has 3 rings (SSSR count). The lowest BCUT2D eigenvalue weighted by atomic mass is 9.99. The number of ether oxygens (including phenoxy) is 5. The van der Waals surface area contributed by atoms with Gasteiger partial charge in [-0.1, -0.05) is 6.07 Å². The molecule has 0 atom stereocenters. The first-order chi connectivity index (χ1) is 13.6. The summed E-state index contributed by atoms with van der Waals surface area (Å²) in [4.78, 5) is 0. The van der Waals surface area contributed by atoms with Gasteiger partial charge in [-0.15, -0.1) is 0 Å². The van der Waals surface area contributed by atoms with E-state index < -0.39 is 0 Å². The minimum absolute atomic E-state index is 0.357. The molecule has 8 heteroatoms. The molecule has 0 spiro atoms. The second-order valence-corrected chi connectivity index (χ2v) is 5.84. The Kier molecular flexibility index (Phi) is 5.49. The van der Waals surface area contributed by atoms with E-state index >= 15 is 0 Å². The highest BCUT2D eigenvalue weighted by molar-refractivity contribution is 5.89. The Hall–Kier alpha value is -3.55. The molecule has 1 aromatic heterocycles. The first-order valence-electron chi connectivity index (χ1n) is 8.44. The molecule has 0 aliphatic rings. The predicted molar refractivity (Wildman–Crippen MR) is 107 cm³/mol. The number of aromatic nitrogens is 2.